The number of anilines is 1. The fourth-order valence-corrected chi connectivity index (χ4v) is 5.85. The van der Waals surface area contributed by atoms with Gasteiger partial charge in [0, 0.05) is 69.7 Å². The summed E-state index contributed by atoms with van der Waals surface area (Å²) in [5.41, 5.74) is -2.09. The second-order valence-electron chi connectivity index (χ2n) is 10.7. The third-order valence-electron chi connectivity index (χ3n) is 7.87. The number of benzene rings is 1. The van der Waals surface area contributed by atoms with Gasteiger partial charge in [-0.1, -0.05) is 13.8 Å². The zero-order valence-corrected chi connectivity index (χ0v) is 23.4. The molecule has 0 saturated carbocycles. The number of amides is 1. The molecule has 0 bridgehead atoms. The molecule has 1 aromatic carbocycles. The molecule has 7 nitrogen and oxygen atoms in total. The van der Waals surface area contributed by atoms with Gasteiger partial charge in [-0.25, -0.2) is 9.97 Å². The highest BCUT2D eigenvalue weighted by molar-refractivity contribution is 5.74. The van der Waals surface area contributed by atoms with Crippen LogP contribution in [0.1, 0.15) is 74.6 Å². The Bertz CT molecular complexity index is 1200. The highest BCUT2D eigenvalue weighted by Crippen LogP contribution is 2.38. The summed E-state index contributed by atoms with van der Waals surface area (Å²) in [5, 5.41) is 5.99. The number of carbonyl (C=O) groups excluding carboxylic acids is 1. The Morgan fingerprint density at radius 2 is 1.49 bits per heavy atom. The van der Waals surface area contributed by atoms with Gasteiger partial charge in [-0.2, -0.15) is 31.4 Å². The number of likely N-dealkylation sites (tertiary alicyclic amines) is 1. The molecule has 0 spiro atoms. The number of hydrogen-bond donors (Lipinski definition) is 0. The minimum absolute atomic E-state index is 0.0342. The molecule has 4 rings (SSSR count). The van der Waals surface area contributed by atoms with Crippen LogP contribution >= 0.6 is 0 Å². The maximum absolute atomic E-state index is 13.6. The van der Waals surface area contributed by atoms with Gasteiger partial charge in [0.15, 0.2) is 0 Å². The Hall–Kier alpha value is -3.38. The molecular formula is C28H34F6N6O. The van der Waals surface area contributed by atoms with Crippen molar-refractivity contribution in [1.82, 2.24) is 19.9 Å². The maximum atomic E-state index is 13.6. The van der Waals surface area contributed by atoms with Crippen LogP contribution in [-0.4, -0.2) is 63.7 Å². The van der Waals surface area contributed by atoms with Gasteiger partial charge < -0.3 is 9.80 Å². The lowest BCUT2D eigenvalue weighted by atomic mass is 9.87. The predicted octanol–water partition coefficient (Wildman–Crippen LogP) is 6.10. The van der Waals surface area contributed by atoms with Crippen LogP contribution in [0.4, 0.5) is 32.3 Å². The summed E-state index contributed by atoms with van der Waals surface area (Å²) < 4.78 is 81.8. The Labute approximate surface area is 235 Å². The van der Waals surface area contributed by atoms with Gasteiger partial charge in [-0.15, -0.1) is 0 Å². The van der Waals surface area contributed by atoms with Gasteiger partial charge in [-0.3, -0.25) is 9.80 Å². The van der Waals surface area contributed by atoms with E-state index in [1.165, 1.54) is 6.92 Å². The number of alkyl halides is 6. The summed E-state index contributed by atoms with van der Waals surface area (Å²) in [6.45, 7) is 5.78. The van der Waals surface area contributed by atoms with Crippen molar-refractivity contribution in [2.45, 2.75) is 89.4 Å². The molecular weight excluding hydrogens is 550 g/mol. The number of rotatable bonds is 7. The minimum Gasteiger partial charge on any atom is -0.337 e. The number of carbonyl (C=O) groups is 1. The van der Waals surface area contributed by atoms with E-state index in [1.807, 2.05) is 25.8 Å². The van der Waals surface area contributed by atoms with Crippen LogP contribution in [-0.2, 0) is 23.7 Å². The third kappa shape index (κ3) is 6.92. The molecule has 1 aromatic heterocycles. The molecule has 2 aliphatic rings. The van der Waals surface area contributed by atoms with Crippen LogP contribution in [0.5, 0.6) is 0 Å². The Morgan fingerprint density at radius 1 is 0.951 bits per heavy atom. The van der Waals surface area contributed by atoms with Crippen molar-refractivity contribution in [2.24, 2.45) is 5.10 Å². The van der Waals surface area contributed by atoms with Crippen molar-refractivity contribution in [3.05, 3.63) is 52.8 Å². The van der Waals surface area contributed by atoms with Crippen molar-refractivity contribution in [2.75, 3.05) is 18.5 Å². The number of piperidine rings is 1. The molecule has 3 heterocycles. The lowest BCUT2D eigenvalue weighted by Gasteiger charge is -2.48. The van der Waals surface area contributed by atoms with Crippen molar-refractivity contribution in [3.63, 3.8) is 0 Å². The third-order valence-corrected chi connectivity index (χ3v) is 7.87. The van der Waals surface area contributed by atoms with E-state index < -0.39 is 23.5 Å². The normalized spacial score (nSPS) is 23.3. The van der Waals surface area contributed by atoms with E-state index in [1.54, 1.807) is 28.5 Å². The van der Waals surface area contributed by atoms with Crippen LogP contribution in [0, 0.1) is 0 Å². The highest BCUT2D eigenvalue weighted by atomic mass is 19.4. The molecule has 0 aliphatic carbocycles. The molecule has 4 atom stereocenters. The van der Waals surface area contributed by atoms with E-state index in [0.717, 1.165) is 17.7 Å². The van der Waals surface area contributed by atoms with E-state index in [2.05, 4.69) is 15.1 Å². The summed E-state index contributed by atoms with van der Waals surface area (Å²) in [7, 11) is 1.83. The number of likely N-dealkylation sites (N-methyl/N-ethyl adjacent to an activating group) is 1. The van der Waals surface area contributed by atoms with Gasteiger partial charge in [0.05, 0.1) is 11.1 Å². The molecule has 41 heavy (non-hydrogen) atoms. The molecule has 224 valence electrons. The number of nitrogens with zero attached hydrogens (tertiary/aromatic N) is 6. The Morgan fingerprint density at radius 3 is 1.90 bits per heavy atom. The zero-order valence-electron chi connectivity index (χ0n) is 23.4. The van der Waals surface area contributed by atoms with E-state index in [9.17, 15) is 31.1 Å². The van der Waals surface area contributed by atoms with Crippen LogP contribution in [0.2, 0.25) is 0 Å². The largest absolute Gasteiger partial charge is 0.416 e. The molecule has 1 fully saturated rings. The maximum Gasteiger partial charge on any atom is 0.416 e. The van der Waals surface area contributed by atoms with E-state index in [4.69, 9.17) is 0 Å². The van der Waals surface area contributed by atoms with Crippen molar-refractivity contribution in [1.29, 1.82) is 0 Å². The summed E-state index contributed by atoms with van der Waals surface area (Å²) in [4.78, 5) is 25.1. The van der Waals surface area contributed by atoms with Crippen molar-refractivity contribution in [3.8, 4) is 0 Å². The quantitative estimate of drug-likeness (QED) is 0.368. The molecule has 0 N–H and O–H groups in total. The molecule has 2 aromatic rings. The lowest BCUT2D eigenvalue weighted by molar-refractivity contribution is -0.143. The minimum atomic E-state index is -4.96. The van der Waals surface area contributed by atoms with Crippen LogP contribution in [0.25, 0.3) is 0 Å². The van der Waals surface area contributed by atoms with Gasteiger partial charge in [0.2, 0.25) is 11.9 Å². The smallest absolute Gasteiger partial charge is 0.337 e. The topological polar surface area (TPSA) is 64.9 Å². The first-order valence-corrected chi connectivity index (χ1v) is 13.6. The Balaban J connectivity index is 1.75. The predicted molar refractivity (Wildman–Crippen MR) is 142 cm³/mol. The fraction of sp³-hybridized carbons (Fsp3) is 0.571. The SMILES string of the molecule is CC[C@@H]1C[C@H](N(Cc2cc(C(F)(F)F)cc(C(F)(F)F)c2)c2ncc(C3C=NN(C)C3)cn2)C[C@H](CC)N1C(C)=O. The lowest BCUT2D eigenvalue weighted by Crippen LogP contribution is -2.56. The number of hydrazone groups is 1. The van der Waals surface area contributed by atoms with Crippen LogP contribution in [0.15, 0.2) is 35.7 Å². The van der Waals surface area contributed by atoms with Crippen molar-refractivity contribution >= 4 is 18.1 Å². The molecule has 1 saturated heterocycles. The molecule has 1 unspecified atom stereocenters. The Kier molecular flexibility index (Phi) is 8.84. The van der Waals surface area contributed by atoms with Crippen molar-refractivity contribution < 1.29 is 31.1 Å². The molecule has 13 heteroatoms. The highest BCUT2D eigenvalue weighted by Gasteiger charge is 2.40. The van der Waals surface area contributed by atoms with E-state index in [0.29, 0.717) is 32.2 Å². The summed E-state index contributed by atoms with van der Waals surface area (Å²) in [6.07, 6.45) is -2.65. The second-order valence-corrected chi connectivity index (χ2v) is 10.7. The first kappa shape index (κ1) is 30.6. The second kappa shape index (κ2) is 11.8. The van der Waals surface area contributed by atoms with Gasteiger partial charge in [-0.05, 0) is 55.0 Å². The molecule has 1 amide bonds. The van der Waals surface area contributed by atoms with E-state index in [-0.39, 0.29) is 54.1 Å². The summed E-state index contributed by atoms with van der Waals surface area (Å²) in [5.74, 6) is 0.104. The average molecular weight is 585 g/mol. The fourth-order valence-electron chi connectivity index (χ4n) is 5.85. The standard InChI is InChI=1S/C28H34F6N6O/c1-5-23-10-25(11-24(6-2)40(23)17(3)41)39(26-35-12-19(13-36-26)20-14-37-38(4)16-20)15-18-7-21(27(29,30)31)9-22(8-18)28(32,33)34/h7-9,12-14,20,23-25H,5-6,10-11,15-16H2,1-4H3/t20?,23-,24+,25+. The molecule has 0 radical (unpaired) electrons. The average Bonchev–Trinajstić information content (AvgIpc) is 3.36. The molecule has 2 aliphatic heterocycles. The summed E-state index contributed by atoms with van der Waals surface area (Å²) in [6, 6.07) is 1.02. The number of hydrogen-bond acceptors (Lipinski definition) is 6. The van der Waals surface area contributed by atoms with Gasteiger partial charge in [0.1, 0.15) is 0 Å². The van der Waals surface area contributed by atoms with E-state index >= 15 is 0 Å². The zero-order chi connectivity index (χ0) is 30.1. The summed E-state index contributed by atoms with van der Waals surface area (Å²) >= 11 is 0. The number of aromatic nitrogens is 2. The first-order valence-electron chi connectivity index (χ1n) is 13.6. The monoisotopic (exact) mass is 584 g/mol. The van der Waals surface area contributed by atoms with Gasteiger partial charge in [0.25, 0.3) is 0 Å². The van der Waals surface area contributed by atoms with Crippen LogP contribution < -0.4 is 4.90 Å². The van der Waals surface area contributed by atoms with Crippen LogP contribution in [0.3, 0.4) is 0 Å². The first-order chi connectivity index (χ1) is 19.2. The number of halogens is 6. The van der Waals surface area contributed by atoms with Gasteiger partial charge >= 0.3 is 12.4 Å².